The highest BCUT2D eigenvalue weighted by Gasteiger charge is 2.40. The topological polar surface area (TPSA) is 75.7 Å². The number of benzene rings is 2. The van der Waals surface area contributed by atoms with E-state index in [0.29, 0.717) is 28.7 Å². The summed E-state index contributed by atoms with van der Waals surface area (Å²) in [5.74, 6) is 1.74. The van der Waals surface area contributed by atoms with Crippen LogP contribution in [-0.4, -0.2) is 66.6 Å². The van der Waals surface area contributed by atoms with Crippen molar-refractivity contribution in [1.82, 2.24) is 4.90 Å². The molecule has 0 saturated heterocycles. The fourth-order valence-corrected chi connectivity index (χ4v) is 3.47. The molecular formula is C24H33NO7. The lowest BCUT2D eigenvalue weighted by Crippen LogP contribution is -2.47. The highest BCUT2D eigenvalue weighted by molar-refractivity contribution is 5.91. The number of ether oxygens (including phenoxy) is 6. The van der Waals surface area contributed by atoms with Crippen molar-refractivity contribution in [1.29, 1.82) is 0 Å². The van der Waals surface area contributed by atoms with E-state index in [2.05, 4.69) is 0 Å². The highest BCUT2D eigenvalue weighted by atomic mass is 16.6. The summed E-state index contributed by atoms with van der Waals surface area (Å²) < 4.78 is 33.1. The maximum atomic E-state index is 13.3. The van der Waals surface area contributed by atoms with Crippen molar-refractivity contribution >= 4 is 5.97 Å². The molecule has 0 radical (unpaired) electrons. The molecule has 0 aliphatic heterocycles. The summed E-state index contributed by atoms with van der Waals surface area (Å²) in [6.07, 6.45) is 0. The summed E-state index contributed by atoms with van der Waals surface area (Å²) in [4.78, 5) is 15.3. The number of likely N-dealkylation sites (N-methyl/N-ethyl adjacent to an activating group) is 1. The van der Waals surface area contributed by atoms with Gasteiger partial charge in [0.15, 0.2) is 23.0 Å². The fraction of sp³-hybridized carbons (Fsp3) is 0.458. The number of nitrogens with zero attached hydrogens (tertiary/aromatic N) is 1. The van der Waals surface area contributed by atoms with Crippen LogP contribution in [0.3, 0.4) is 0 Å². The summed E-state index contributed by atoms with van der Waals surface area (Å²) in [7, 11) is 11.5. The summed E-state index contributed by atoms with van der Waals surface area (Å²) in [6, 6.07) is 8.44. The monoisotopic (exact) mass is 447 g/mol. The molecule has 8 heteroatoms. The van der Waals surface area contributed by atoms with Crippen molar-refractivity contribution in [2.75, 3.05) is 49.6 Å². The molecule has 0 bridgehead atoms. The zero-order chi connectivity index (χ0) is 24.1. The van der Waals surface area contributed by atoms with E-state index in [0.717, 1.165) is 5.56 Å². The minimum Gasteiger partial charge on any atom is -0.493 e. The molecule has 0 spiro atoms. The normalized spacial score (nSPS) is 13.7. The number of hydrogen-bond donors (Lipinski definition) is 0. The van der Waals surface area contributed by atoms with Crippen LogP contribution in [0.4, 0.5) is 0 Å². The zero-order valence-corrected chi connectivity index (χ0v) is 20.3. The van der Waals surface area contributed by atoms with Crippen LogP contribution < -0.4 is 23.7 Å². The van der Waals surface area contributed by atoms with E-state index >= 15 is 0 Å². The molecule has 0 saturated carbocycles. The average molecular weight is 448 g/mol. The average Bonchev–Trinajstić information content (AvgIpc) is 2.81. The first kappa shape index (κ1) is 25.1. The van der Waals surface area contributed by atoms with Crippen LogP contribution in [-0.2, 0) is 10.3 Å². The molecule has 0 amide bonds. The molecule has 2 atom stereocenters. The second kappa shape index (κ2) is 10.5. The number of methoxy groups -OCH3 is 5. The van der Waals surface area contributed by atoms with E-state index in [1.807, 2.05) is 45.0 Å². The van der Waals surface area contributed by atoms with Gasteiger partial charge in [-0.1, -0.05) is 6.07 Å². The molecule has 8 nitrogen and oxygen atoms in total. The van der Waals surface area contributed by atoms with Gasteiger partial charge < -0.3 is 33.3 Å². The Hall–Kier alpha value is -3.13. The molecule has 2 rings (SSSR count). The van der Waals surface area contributed by atoms with Crippen molar-refractivity contribution in [2.24, 2.45) is 0 Å². The van der Waals surface area contributed by atoms with Crippen molar-refractivity contribution < 1.29 is 33.2 Å². The molecule has 0 fully saturated rings. The van der Waals surface area contributed by atoms with Crippen LogP contribution in [0.1, 0.15) is 29.8 Å². The summed E-state index contributed by atoms with van der Waals surface area (Å²) in [6.45, 7) is 3.86. The van der Waals surface area contributed by atoms with Crippen molar-refractivity contribution in [3.63, 3.8) is 0 Å². The number of rotatable bonds is 10. The Morgan fingerprint density at radius 2 is 1.34 bits per heavy atom. The Kier molecular flexibility index (Phi) is 8.21. The predicted octanol–water partition coefficient (Wildman–Crippen LogP) is 3.75. The lowest BCUT2D eigenvalue weighted by atomic mass is 9.87. The SMILES string of the molecule is COc1ccc(C(C)(OC(=O)c2cc(OC)c(OC)c(OC)c2)C(C)N(C)C)cc1OC. The van der Waals surface area contributed by atoms with Gasteiger partial charge in [-0.15, -0.1) is 0 Å². The molecule has 176 valence electrons. The lowest BCUT2D eigenvalue weighted by molar-refractivity contribution is -0.0488. The first-order chi connectivity index (χ1) is 15.2. The maximum absolute atomic E-state index is 13.3. The largest absolute Gasteiger partial charge is 0.493 e. The van der Waals surface area contributed by atoms with E-state index in [-0.39, 0.29) is 11.6 Å². The van der Waals surface area contributed by atoms with Gasteiger partial charge in [0.1, 0.15) is 5.60 Å². The van der Waals surface area contributed by atoms with Gasteiger partial charge in [-0.05, 0) is 52.2 Å². The second-order valence-corrected chi connectivity index (χ2v) is 7.62. The van der Waals surface area contributed by atoms with E-state index in [9.17, 15) is 4.79 Å². The van der Waals surface area contributed by atoms with Crippen LogP contribution >= 0.6 is 0 Å². The smallest absolute Gasteiger partial charge is 0.339 e. The first-order valence-corrected chi connectivity index (χ1v) is 10.1. The van der Waals surface area contributed by atoms with Gasteiger partial charge in [0.2, 0.25) is 5.75 Å². The third kappa shape index (κ3) is 4.85. The van der Waals surface area contributed by atoms with Crippen LogP contribution in [0.5, 0.6) is 28.7 Å². The quantitative estimate of drug-likeness (QED) is 0.510. The number of esters is 1. The zero-order valence-electron chi connectivity index (χ0n) is 20.3. The molecule has 32 heavy (non-hydrogen) atoms. The highest BCUT2D eigenvalue weighted by Crippen LogP contribution is 2.41. The minimum atomic E-state index is -1.01. The summed E-state index contributed by atoms with van der Waals surface area (Å²) in [5.41, 5.74) is 0.0230. The Labute approximate surface area is 189 Å². The van der Waals surface area contributed by atoms with Crippen LogP contribution in [0.25, 0.3) is 0 Å². The summed E-state index contributed by atoms with van der Waals surface area (Å²) >= 11 is 0. The molecular weight excluding hydrogens is 414 g/mol. The number of carbonyl (C=O) groups is 1. The van der Waals surface area contributed by atoms with Gasteiger partial charge in [0.05, 0.1) is 47.2 Å². The van der Waals surface area contributed by atoms with Gasteiger partial charge >= 0.3 is 5.97 Å². The fourth-order valence-electron chi connectivity index (χ4n) is 3.47. The van der Waals surface area contributed by atoms with Crippen molar-refractivity contribution in [3.8, 4) is 28.7 Å². The second-order valence-electron chi connectivity index (χ2n) is 7.62. The van der Waals surface area contributed by atoms with Crippen LogP contribution in [0, 0.1) is 0 Å². The molecule has 2 aromatic carbocycles. The molecule has 0 aromatic heterocycles. The van der Waals surface area contributed by atoms with Gasteiger partial charge in [-0.2, -0.15) is 0 Å². The van der Waals surface area contributed by atoms with E-state index in [1.165, 1.54) is 21.3 Å². The summed E-state index contributed by atoms with van der Waals surface area (Å²) in [5, 5.41) is 0. The van der Waals surface area contributed by atoms with Crippen LogP contribution in [0.2, 0.25) is 0 Å². The maximum Gasteiger partial charge on any atom is 0.339 e. The van der Waals surface area contributed by atoms with Gasteiger partial charge in [0, 0.05) is 5.56 Å². The van der Waals surface area contributed by atoms with Crippen LogP contribution in [0.15, 0.2) is 30.3 Å². The number of hydrogen-bond acceptors (Lipinski definition) is 8. The van der Waals surface area contributed by atoms with Gasteiger partial charge in [0.25, 0.3) is 0 Å². The lowest BCUT2D eigenvalue weighted by Gasteiger charge is -2.39. The molecule has 2 unspecified atom stereocenters. The molecule has 0 N–H and O–H groups in total. The van der Waals surface area contributed by atoms with Gasteiger partial charge in [-0.25, -0.2) is 4.79 Å². The van der Waals surface area contributed by atoms with Crippen molar-refractivity contribution in [2.45, 2.75) is 25.5 Å². The third-order valence-electron chi connectivity index (χ3n) is 5.73. The molecule has 0 aliphatic rings. The standard InChI is InChI=1S/C24H33NO7/c1-15(25(3)4)24(2,17-10-11-18(27-5)19(14-17)28-6)32-23(26)16-12-20(29-7)22(31-9)21(13-16)30-8/h10-15H,1-9H3. The molecule has 0 aliphatic carbocycles. The number of carbonyl (C=O) groups excluding carboxylic acids is 1. The van der Waals surface area contributed by atoms with E-state index in [1.54, 1.807) is 32.4 Å². The first-order valence-electron chi connectivity index (χ1n) is 10.1. The van der Waals surface area contributed by atoms with Crippen molar-refractivity contribution in [3.05, 3.63) is 41.5 Å². The Morgan fingerprint density at radius 3 is 1.78 bits per heavy atom. The van der Waals surface area contributed by atoms with E-state index < -0.39 is 11.6 Å². The molecule has 0 heterocycles. The Morgan fingerprint density at radius 1 is 0.812 bits per heavy atom. The van der Waals surface area contributed by atoms with E-state index in [4.69, 9.17) is 28.4 Å². The van der Waals surface area contributed by atoms with Gasteiger partial charge in [-0.3, -0.25) is 0 Å². The Bertz CT molecular complexity index is 919. The Balaban J connectivity index is 2.56. The predicted molar refractivity (Wildman–Crippen MR) is 122 cm³/mol. The third-order valence-corrected chi connectivity index (χ3v) is 5.73. The minimum absolute atomic E-state index is 0.174. The molecule has 2 aromatic rings.